The lowest BCUT2D eigenvalue weighted by molar-refractivity contribution is -0.144. The van der Waals surface area contributed by atoms with Crippen LogP contribution in [-0.2, 0) is 16.0 Å². The zero-order valence-electron chi connectivity index (χ0n) is 10.3. The van der Waals surface area contributed by atoms with Crippen molar-refractivity contribution >= 4 is 27.3 Å². The predicted molar refractivity (Wildman–Crippen MR) is 67.3 cm³/mol. The number of alkyl halides is 3. The maximum Gasteiger partial charge on any atom is 0.451 e. The van der Waals surface area contributed by atoms with Crippen LogP contribution in [-0.4, -0.2) is 35.4 Å². The minimum absolute atomic E-state index is 0.0125. The second kappa shape index (κ2) is 4.73. The second-order valence-corrected chi connectivity index (χ2v) is 7.50. The molecule has 0 bridgehead atoms. The number of aromatic nitrogens is 2. The number of hydrogen-bond donors (Lipinski definition) is 1. The van der Waals surface area contributed by atoms with Crippen LogP contribution < -0.4 is 5.32 Å². The van der Waals surface area contributed by atoms with Gasteiger partial charge < -0.3 is 5.32 Å². The molecule has 0 saturated carbocycles. The predicted octanol–water partition coefficient (Wildman–Crippen LogP) is 2.14. The van der Waals surface area contributed by atoms with Gasteiger partial charge in [-0.1, -0.05) is 11.6 Å². The van der Waals surface area contributed by atoms with Gasteiger partial charge in [0.2, 0.25) is 5.82 Å². The summed E-state index contributed by atoms with van der Waals surface area (Å²) in [6.07, 6.45) is -4.43. The van der Waals surface area contributed by atoms with Gasteiger partial charge in [0.15, 0.2) is 9.84 Å². The van der Waals surface area contributed by atoms with Crippen molar-refractivity contribution in [1.82, 2.24) is 9.97 Å². The highest BCUT2D eigenvalue weighted by molar-refractivity contribution is 7.91. The zero-order chi connectivity index (χ0) is 15.2. The standard InChI is InChI=1S/C10H11ClF3N3O2S/c1-9(2-3-20(18,19)5-9)17-7-4-6(11)15-8(16-7)10(12,13)14/h4H,2-3,5H2,1H3,(H,15,16,17). The molecule has 1 unspecified atom stereocenters. The van der Waals surface area contributed by atoms with E-state index in [1.165, 1.54) is 0 Å². The molecule has 5 nitrogen and oxygen atoms in total. The lowest BCUT2D eigenvalue weighted by Crippen LogP contribution is -2.36. The van der Waals surface area contributed by atoms with Crippen molar-refractivity contribution in [2.45, 2.75) is 25.1 Å². The number of nitrogens with zero attached hydrogens (tertiary/aromatic N) is 2. The molecule has 2 heterocycles. The summed E-state index contributed by atoms with van der Waals surface area (Å²) in [5, 5.41) is 2.35. The van der Waals surface area contributed by atoms with Crippen molar-refractivity contribution in [3.05, 3.63) is 17.0 Å². The minimum Gasteiger partial charge on any atom is -0.364 e. The third kappa shape index (κ3) is 3.51. The molecule has 112 valence electrons. The van der Waals surface area contributed by atoms with Crippen molar-refractivity contribution in [3.8, 4) is 0 Å². The molecule has 1 fully saturated rings. The smallest absolute Gasteiger partial charge is 0.364 e. The van der Waals surface area contributed by atoms with Gasteiger partial charge >= 0.3 is 6.18 Å². The Hall–Kier alpha value is -1.09. The molecule has 2 rings (SSSR count). The summed E-state index contributed by atoms with van der Waals surface area (Å²) in [5.41, 5.74) is -0.862. The van der Waals surface area contributed by atoms with E-state index in [2.05, 4.69) is 15.3 Å². The van der Waals surface area contributed by atoms with E-state index in [4.69, 9.17) is 11.6 Å². The van der Waals surface area contributed by atoms with Crippen molar-refractivity contribution < 1.29 is 21.6 Å². The van der Waals surface area contributed by atoms with Gasteiger partial charge in [0, 0.05) is 6.07 Å². The summed E-state index contributed by atoms with van der Waals surface area (Å²) < 4.78 is 60.6. The molecule has 1 atom stereocenters. The van der Waals surface area contributed by atoms with Gasteiger partial charge in [0.05, 0.1) is 17.0 Å². The normalized spacial score (nSPS) is 25.6. The summed E-state index contributed by atoms with van der Waals surface area (Å²) in [5.74, 6) is -1.68. The first-order valence-corrected chi connectivity index (χ1v) is 7.79. The fourth-order valence-corrected chi connectivity index (χ4v) is 4.30. The highest BCUT2D eigenvalue weighted by Gasteiger charge is 2.40. The lowest BCUT2D eigenvalue weighted by atomic mass is 10.0. The lowest BCUT2D eigenvalue weighted by Gasteiger charge is -2.24. The monoisotopic (exact) mass is 329 g/mol. The van der Waals surface area contributed by atoms with Crippen LogP contribution in [0.25, 0.3) is 0 Å². The fraction of sp³-hybridized carbons (Fsp3) is 0.600. The number of rotatable bonds is 2. The summed E-state index contributed by atoms with van der Waals surface area (Å²) in [6, 6.07) is 1.13. The van der Waals surface area contributed by atoms with Gasteiger partial charge in [0.1, 0.15) is 11.0 Å². The molecular weight excluding hydrogens is 319 g/mol. The Labute approximate surface area is 118 Å². The van der Waals surface area contributed by atoms with Gasteiger partial charge in [-0.15, -0.1) is 0 Å². The average molecular weight is 330 g/mol. The Morgan fingerprint density at radius 3 is 2.55 bits per heavy atom. The van der Waals surface area contributed by atoms with Crippen LogP contribution in [0, 0.1) is 0 Å². The van der Waals surface area contributed by atoms with E-state index < -0.39 is 27.4 Å². The molecule has 0 aliphatic carbocycles. The van der Waals surface area contributed by atoms with Gasteiger partial charge in [-0.2, -0.15) is 13.2 Å². The SMILES string of the molecule is CC1(Nc2cc(Cl)nc(C(F)(F)F)n2)CCS(=O)(=O)C1. The number of nitrogens with one attached hydrogen (secondary N) is 1. The first-order chi connectivity index (χ1) is 8.99. The Morgan fingerprint density at radius 1 is 1.40 bits per heavy atom. The molecule has 10 heteroatoms. The molecular formula is C10H11ClF3N3O2S. The van der Waals surface area contributed by atoms with Crippen LogP contribution in [0.15, 0.2) is 6.07 Å². The Balaban J connectivity index is 2.29. The topological polar surface area (TPSA) is 72.0 Å². The molecule has 0 spiro atoms. The first kappa shape index (κ1) is 15.3. The summed E-state index contributed by atoms with van der Waals surface area (Å²) in [6.45, 7) is 1.61. The average Bonchev–Trinajstić information content (AvgIpc) is 2.50. The Morgan fingerprint density at radius 2 is 2.05 bits per heavy atom. The van der Waals surface area contributed by atoms with Gasteiger partial charge in [-0.25, -0.2) is 18.4 Å². The fourth-order valence-electron chi connectivity index (χ4n) is 2.03. The minimum atomic E-state index is -4.72. The Bertz CT molecular complexity index is 635. The highest BCUT2D eigenvalue weighted by Crippen LogP contribution is 2.31. The largest absolute Gasteiger partial charge is 0.451 e. The molecule has 1 aromatic heterocycles. The molecule has 1 aliphatic rings. The zero-order valence-corrected chi connectivity index (χ0v) is 11.9. The summed E-state index contributed by atoms with van der Waals surface area (Å²) in [7, 11) is -3.18. The third-order valence-corrected chi connectivity index (χ3v) is 4.98. The van der Waals surface area contributed by atoms with Crippen LogP contribution >= 0.6 is 11.6 Å². The molecule has 1 saturated heterocycles. The van der Waals surface area contributed by atoms with Crippen molar-refractivity contribution in [1.29, 1.82) is 0 Å². The molecule has 1 aromatic rings. The van der Waals surface area contributed by atoms with Crippen LogP contribution in [0.1, 0.15) is 19.2 Å². The number of halogens is 4. The molecule has 0 aromatic carbocycles. The third-order valence-electron chi connectivity index (χ3n) is 2.88. The van der Waals surface area contributed by atoms with Crippen LogP contribution in [0.5, 0.6) is 0 Å². The van der Waals surface area contributed by atoms with Crippen molar-refractivity contribution in [2.75, 3.05) is 16.8 Å². The van der Waals surface area contributed by atoms with E-state index in [-0.39, 0.29) is 28.9 Å². The second-order valence-electron chi connectivity index (χ2n) is 4.92. The van der Waals surface area contributed by atoms with Crippen LogP contribution in [0.3, 0.4) is 0 Å². The van der Waals surface area contributed by atoms with E-state index in [0.29, 0.717) is 0 Å². The summed E-state index contributed by atoms with van der Waals surface area (Å²) in [4.78, 5) is 6.44. The molecule has 0 amide bonds. The Kier molecular flexibility index (Phi) is 3.62. The van der Waals surface area contributed by atoms with Crippen molar-refractivity contribution in [2.24, 2.45) is 0 Å². The molecule has 0 radical (unpaired) electrons. The molecule has 1 aliphatic heterocycles. The van der Waals surface area contributed by atoms with E-state index in [1.54, 1.807) is 6.92 Å². The van der Waals surface area contributed by atoms with Gasteiger partial charge in [0.25, 0.3) is 0 Å². The number of hydrogen-bond acceptors (Lipinski definition) is 5. The first-order valence-electron chi connectivity index (χ1n) is 5.60. The molecule has 1 N–H and O–H groups in total. The van der Waals surface area contributed by atoms with E-state index in [1.807, 2.05) is 0 Å². The highest BCUT2D eigenvalue weighted by atomic mass is 35.5. The van der Waals surface area contributed by atoms with E-state index in [0.717, 1.165) is 6.07 Å². The van der Waals surface area contributed by atoms with Crippen LogP contribution in [0.4, 0.5) is 19.0 Å². The van der Waals surface area contributed by atoms with Crippen molar-refractivity contribution in [3.63, 3.8) is 0 Å². The van der Waals surface area contributed by atoms with E-state index >= 15 is 0 Å². The van der Waals surface area contributed by atoms with Gasteiger partial charge in [-0.3, -0.25) is 0 Å². The molecule has 20 heavy (non-hydrogen) atoms. The van der Waals surface area contributed by atoms with Crippen LogP contribution in [0.2, 0.25) is 5.15 Å². The maximum absolute atomic E-state index is 12.6. The van der Waals surface area contributed by atoms with E-state index in [9.17, 15) is 21.6 Å². The quantitative estimate of drug-likeness (QED) is 0.842. The summed E-state index contributed by atoms with van der Waals surface area (Å²) >= 11 is 5.53. The number of sulfone groups is 1. The number of anilines is 1. The maximum atomic E-state index is 12.6. The van der Waals surface area contributed by atoms with Gasteiger partial charge in [-0.05, 0) is 13.3 Å².